The summed E-state index contributed by atoms with van der Waals surface area (Å²) in [4.78, 5) is 14.4. The summed E-state index contributed by atoms with van der Waals surface area (Å²) in [5.41, 5.74) is 1.18. The van der Waals surface area contributed by atoms with E-state index in [2.05, 4.69) is 20.9 Å². The van der Waals surface area contributed by atoms with Crippen molar-refractivity contribution in [2.75, 3.05) is 0 Å². The zero-order valence-corrected chi connectivity index (χ0v) is 8.17. The predicted octanol–water partition coefficient (Wildman–Crippen LogP) is 2.60. The molecule has 0 unspecified atom stereocenters. The maximum Gasteiger partial charge on any atom is 0.197 e. The second kappa shape index (κ2) is 3.22. The number of aromatic amines is 1. The summed E-state index contributed by atoms with van der Waals surface area (Å²) in [6.45, 7) is 0. The third-order valence-electron chi connectivity index (χ3n) is 1.69. The lowest BCUT2D eigenvalue weighted by atomic mass is 10.1. The van der Waals surface area contributed by atoms with E-state index < -0.39 is 0 Å². The summed E-state index contributed by atoms with van der Waals surface area (Å²) in [5.74, 6) is -0.0456. The summed E-state index contributed by atoms with van der Waals surface area (Å²) in [7, 11) is 0. The van der Waals surface area contributed by atoms with Crippen LogP contribution in [0.4, 0.5) is 0 Å². The molecule has 2 aromatic rings. The number of nitrogens with one attached hydrogen (secondary N) is 1. The number of carbonyl (C=O) groups excluding carboxylic acids is 1. The van der Waals surface area contributed by atoms with Crippen LogP contribution in [0, 0.1) is 0 Å². The van der Waals surface area contributed by atoms with Crippen LogP contribution in [0.15, 0.2) is 39.9 Å². The molecule has 0 atom stereocenters. The summed E-state index contributed by atoms with van der Waals surface area (Å²) in [6, 6.07) is 3.37. The van der Waals surface area contributed by atoms with Gasteiger partial charge in [-0.3, -0.25) is 4.79 Å². The summed E-state index contributed by atoms with van der Waals surface area (Å²) < 4.78 is 5.53. The zero-order valence-electron chi connectivity index (χ0n) is 6.58. The number of rotatable bonds is 2. The Morgan fingerprint density at radius 3 is 2.85 bits per heavy atom. The van der Waals surface area contributed by atoms with Gasteiger partial charge in [0.1, 0.15) is 6.26 Å². The van der Waals surface area contributed by atoms with Crippen molar-refractivity contribution >= 4 is 21.7 Å². The molecule has 66 valence electrons. The van der Waals surface area contributed by atoms with Gasteiger partial charge in [-0.2, -0.15) is 0 Å². The van der Waals surface area contributed by atoms with Gasteiger partial charge >= 0.3 is 0 Å². The lowest BCUT2D eigenvalue weighted by molar-refractivity contribution is 0.103. The Bertz CT molecular complexity index is 417. The molecular formula is C9H6BrNO2. The first-order valence-corrected chi connectivity index (χ1v) is 4.48. The highest BCUT2D eigenvalue weighted by Crippen LogP contribution is 2.17. The molecule has 0 fully saturated rings. The van der Waals surface area contributed by atoms with Crippen LogP contribution in [0.5, 0.6) is 0 Å². The number of halogens is 1. The standard InChI is InChI=1S/C9H6BrNO2/c10-8-3-7(5-13-8)9(12)6-1-2-11-4-6/h1-5,11H. The second-order valence-corrected chi connectivity index (χ2v) is 3.35. The first-order chi connectivity index (χ1) is 6.27. The molecule has 0 spiro atoms. The van der Waals surface area contributed by atoms with Gasteiger partial charge in [0, 0.05) is 24.0 Å². The summed E-state index contributed by atoms with van der Waals surface area (Å²) in [5, 5.41) is 0. The van der Waals surface area contributed by atoms with Crippen LogP contribution < -0.4 is 0 Å². The molecule has 0 aliphatic heterocycles. The van der Waals surface area contributed by atoms with Gasteiger partial charge in [-0.25, -0.2) is 0 Å². The summed E-state index contributed by atoms with van der Waals surface area (Å²) in [6.07, 6.45) is 4.80. The van der Waals surface area contributed by atoms with Gasteiger partial charge in [-0.05, 0) is 22.0 Å². The van der Waals surface area contributed by atoms with Crippen molar-refractivity contribution < 1.29 is 9.21 Å². The van der Waals surface area contributed by atoms with Gasteiger partial charge in [0.2, 0.25) is 0 Å². The third-order valence-corrected chi connectivity index (χ3v) is 2.11. The first-order valence-electron chi connectivity index (χ1n) is 3.69. The van der Waals surface area contributed by atoms with E-state index in [-0.39, 0.29) is 5.78 Å². The minimum absolute atomic E-state index is 0.0456. The Morgan fingerprint density at radius 1 is 1.46 bits per heavy atom. The first kappa shape index (κ1) is 8.31. The highest BCUT2D eigenvalue weighted by atomic mass is 79.9. The molecule has 0 aliphatic rings. The highest BCUT2D eigenvalue weighted by molar-refractivity contribution is 9.10. The SMILES string of the molecule is O=C(c1cc[nH]c1)c1coc(Br)c1. The molecule has 0 bridgehead atoms. The normalized spacial score (nSPS) is 10.2. The molecule has 0 aromatic carbocycles. The minimum atomic E-state index is -0.0456. The second-order valence-electron chi connectivity index (χ2n) is 2.57. The topological polar surface area (TPSA) is 46.0 Å². The number of aromatic nitrogens is 1. The van der Waals surface area contributed by atoms with Crippen molar-refractivity contribution in [2.45, 2.75) is 0 Å². The molecule has 4 heteroatoms. The summed E-state index contributed by atoms with van der Waals surface area (Å²) >= 11 is 3.14. The average Bonchev–Trinajstić information content (AvgIpc) is 2.72. The molecular weight excluding hydrogens is 234 g/mol. The van der Waals surface area contributed by atoms with Crippen LogP contribution in [-0.4, -0.2) is 10.8 Å². The molecule has 0 saturated carbocycles. The smallest absolute Gasteiger partial charge is 0.197 e. The highest BCUT2D eigenvalue weighted by Gasteiger charge is 2.11. The number of hydrogen-bond acceptors (Lipinski definition) is 2. The Morgan fingerprint density at radius 2 is 2.31 bits per heavy atom. The molecule has 3 nitrogen and oxygen atoms in total. The maximum absolute atomic E-state index is 11.6. The average molecular weight is 240 g/mol. The fourth-order valence-electron chi connectivity index (χ4n) is 1.06. The lowest BCUT2D eigenvalue weighted by Gasteiger charge is -1.89. The Hall–Kier alpha value is -1.29. The third kappa shape index (κ3) is 1.58. The number of H-pyrrole nitrogens is 1. The lowest BCUT2D eigenvalue weighted by Crippen LogP contribution is -1.96. The van der Waals surface area contributed by atoms with Crippen molar-refractivity contribution in [3.05, 3.63) is 46.6 Å². The van der Waals surface area contributed by atoms with Crippen LogP contribution in [-0.2, 0) is 0 Å². The van der Waals surface area contributed by atoms with E-state index in [4.69, 9.17) is 4.42 Å². The van der Waals surface area contributed by atoms with Gasteiger partial charge in [-0.1, -0.05) is 0 Å². The van der Waals surface area contributed by atoms with Crippen molar-refractivity contribution in [1.29, 1.82) is 0 Å². The number of carbonyl (C=O) groups is 1. The molecule has 2 heterocycles. The molecule has 2 rings (SSSR count). The van der Waals surface area contributed by atoms with Crippen LogP contribution in [0.2, 0.25) is 0 Å². The van der Waals surface area contributed by atoms with Crippen LogP contribution in [0.3, 0.4) is 0 Å². The van der Waals surface area contributed by atoms with Crippen molar-refractivity contribution in [3.8, 4) is 0 Å². The van der Waals surface area contributed by atoms with Crippen molar-refractivity contribution in [3.63, 3.8) is 0 Å². The Labute approximate surface area is 82.9 Å². The predicted molar refractivity (Wildman–Crippen MR) is 50.6 cm³/mol. The van der Waals surface area contributed by atoms with Crippen LogP contribution >= 0.6 is 15.9 Å². The van der Waals surface area contributed by atoms with Crippen molar-refractivity contribution in [2.24, 2.45) is 0 Å². The quantitative estimate of drug-likeness (QED) is 0.820. The Balaban J connectivity index is 2.33. The molecule has 0 saturated heterocycles. The number of hydrogen-bond donors (Lipinski definition) is 1. The minimum Gasteiger partial charge on any atom is -0.457 e. The Kier molecular flexibility index (Phi) is 2.06. The molecule has 0 radical (unpaired) electrons. The van der Waals surface area contributed by atoms with E-state index in [1.54, 1.807) is 24.5 Å². The monoisotopic (exact) mass is 239 g/mol. The molecule has 13 heavy (non-hydrogen) atoms. The van der Waals surface area contributed by atoms with Gasteiger partial charge < -0.3 is 9.40 Å². The maximum atomic E-state index is 11.6. The fraction of sp³-hybridized carbons (Fsp3) is 0. The van der Waals surface area contributed by atoms with Gasteiger partial charge in [0.25, 0.3) is 0 Å². The van der Waals surface area contributed by atoms with E-state index in [1.165, 1.54) is 6.26 Å². The largest absolute Gasteiger partial charge is 0.457 e. The van der Waals surface area contributed by atoms with Crippen molar-refractivity contribution in [1.82, 2.24) is 4.98 Å². The van der Waals surface area contributed by atoms with Gasteiger partial charge in [0.05, 0.1) is 5.56 Å². The zero-order chi connectivity index (χ0) is 9.26. The van der Waals surface area contributed by atoms with Gasteiger partial charge in [-0.15, -0.1) is 0 Å². The van der Waals surface area contributed by atoms with E-state index in [9.17, 15) is 4.79 Å². The molecule has 0 aliphatic carbocycles. The van der Waals surface area contributed by atoms with Crippen LogP contribution in [0.25, 0.3) is 0 Å². The fourth-order valence-corrected chi connectivity index (χ4v) is 1.40. The molecule has 0 amide bonds. The molecule has 2 aromatic heterocycles. The van der Waals surface area contributed by atoms with Crippen LogP contribution in [0.1, 0.15) is 15.9 Å². The van der Waals surface area contributed by atoms with E-state index in [1.807, 2.05) is 0 Å². The molecule has 1 N–H and O–H groups in total. The van der Waals surface area contributed by atoms with E-state index in [0.717, 1.165) is 0 Å². The number of furan rings is 1. The van der Waals surface area contributed by atoms with Gasteiger partial charge in [0.15, 0.2) is 10.5 Å². The number of ketones is 1. The van der Waals surface area contributed by atoms with E-state index in [0.29, 0.717) is 15.8 Å². The van der Waals surface area contributed by atoms with E-state index >= 15 is 0 Å².